The maximum absolute atomic E-state index is 4.46. The van der Waals surface area contributed by atoms with Crippen molar-refractivity contribution >= 4 is 11.5 Å². The first kappa shape index (κ1) is 15.1. The molecule has 1 aromatic rings. The summed E-state index contributed by atoms with van der Waals surface area (Å²) in [6, 6.07) is 4.60. The molecule has 1 aromatic heterocycles. The van der Waals surface area contributed by atoms with E-state index in [0.29, 0.717) is 6.04 Å². The summed E-state index contributed by atoms with van der Waals surface area (Å²) in [5.74, 6) is 1.74. The van der Waals surface area contributed by atoms with E-state index in [9.17, 15) is 0 Å². The number of nitrogens with one attached hydrogen (secondary N) is 1. The average Bonchev–Trinajstić information content (AvgIpc) is 2.47. The number of hydrogen-bond acceptors (Lipinski definition) is 4. The molecule has 1 aliphatic heterocycles. The van der Waals surface area contributed by atoms with E-state index in [1.165, 1.54) is 32.5 Å². The Morgan fingerprint density at radius 2 is 2.30 bits per heavy atom. The van der Waals surface area contributed by atoms with Gasteiger partial charge in [-0.2, -0.15) is 0 Å². The molecule has 1 fully saturated rings. The summed E-state index contributed by atoms with van der Waals surface area (Å²) in [6.45, 7) is 8.19. The molecule has 2 unspecified atom stereocenters. The van der Waals surface area contributed by atoms with E-state index in [0.717, 1.165) is 17.4 Å². The highest BCUT2D eigenvalue weighted by Crippen LogP contribution is 2.26. The van der Waals surface area contributed by atoms with Crippen molar-refractivity contribution in [3.05, 3.63) is 18.3 Å². The lowest BCUT2D eigenvalue weighted by Crippen LogP contribution is -2.41. The number of anilines is 2. The molecular weight excluding hydrogens is 248 g/mol. The lowest BCUT2D eigenvalue weighted by molar-refractivity contribution is 0.172. The first-order valence-electron chi connectivity index (χ1n) is 7.73. The van der Waals surface area contributed by atoms with Gasteiger partial charge in [0.25, 0.3) is 0 Å². The third-order valence-electron chi connectivity index (χ3n) is 4.29. The van der Waals surface area contributed by atoms with E-state index in [4.69, 9.17) is 0 Å². The summed E-state index contributed by atoms with van der Waals surface area (Å²) in [7, 11) is 4.08. The van der Waals surface area contributed by atoms with Gasteiger partial charge in [-0.25, -0.2) is 4.98 Å². The summed E-state index contributed by atoms with van der Waals surface area (Å²) in [6.07, 6.45) is 4.49. The molecule has 4 nitrogen and oxygen atoms in total. The topological polar surface area (TPSA) is 31.4 Å². The zero-order valence-electron chi connectivity index (χ0n) is 13.3. The molecule has 0 aliphatic carbocycles. The predicted octanol–water partition coefficient (Wildman–Crippen LogP) is 2.68. The fourth-order valence-corrected chi connectivity index (χ4v) is 3.02. The van der Waals surface area contributed by atoms with Crippen LogP contribution >= 0.6 is 0 Å². The smallest absolute Gasteiger partial charge is 0.151 e. The second-order valence-corrected chi connectivity index (χ2v) is 6.00. The summed E-state index contributed by atoms with van der Waals surface area (Å²) in [5, 5.41) is 3.68. The maximum Gasteiger partial charge on any atom is 0.151 e. The molecule has 0 amide bonds. The van der Waals surface area contributed by atoms with Gasteiger partial charge in [0, 0.05) is 32.9 Å². The number of rotatable bonds is 5. The minimum atomic E-state index is 0.479. The third-order valence-corrected chi connectivity index (χ3v) is 4.29. The normalized spacial score (nSPS) is 21.5. The second-order valence-electron chi connectivity index (χ2n) is 6.00. The Bertz CT molecular complexity index is 419. The van der Waals surface area contributed by atoms with Gasteiger partial charge in [0.1, 0.15) is 0 Å². The molecule has 0 aromatic carbocycles. The van der Waals surface area contributed by atoms with Gasteiger partial charge in [-0.1, -0.05) is 6.92 Å². The Kier molecular flexibility index (Phi) is 5.24. The van der Waals surface area contributed by atoms with Crippen LogP contribution in [0.4, 0.5) is 11.5 Å². The summed E-state index contributed by atoms with van der Waals surface area (Å²) in [4.78, 5) is 9.08. The van der Waals surface area contributed by atoms with Crippen molar-refractivity contribution in [1.82, 2.24) is 9.88 Å². The van der Waals surface area contributed by atoms with Gasteiger partial charge in [0.2, 0.25) is 0 Å². The lowest BCUT2D eigenvalue weighted by Gasteiger charge is -2.36. The molecule has 1 aliphatic rings. The van der Waals surface area contributed by atoms with Gasteiger partial charge in [0.05, 0.1) is 5.69 Å². The van der Waals surface area contributed by atoms with Crippen molar-refractivity contribution in [2.45, 2.75) is 32.7 Å². The van der Waals surface area contributed by atoms with Gasteiger partial charge in [-0.3, -0.25) is 0 Å². The summed E-state index contributed by atoms with van der Waals surface area (Å²) >= 11 is 0. The third kappa shape index (κ3) is 3.63. The summed E-state index contributed by atoms with van der Waals surface area (Å²) in [5.41, 5.74) is 1.14. The van der Waals surface area contributed by atoms with Crippen LogP contribution in [0.5, 0.6) is 0 Å². The zero-order chi connectivity index (χ0) is 14.5. The molecule has 20 heavy (non-hydrogen) atoms. The highest BCUT2D eigenvalue weighted by molar-refractivity contribution is 5.65. The Hall–Kier alpha value is -1.29. The van der Waals surface area contributed by atoms with Crippen molar-refractivity contribution in [3.8, 4) is 0 Å². The SMILES string of the molecule is CCN1CCCC(C(C)Nc2cccnc2N(C)C)C1. The van der Waals surface area contributed by atoms with Crippen LogP contribution in [0, 0.1) is 5.92 Å². The fraction of sp³-hybridized carbons (Fsp3) is 0.688. The summed E-state index contributed by atoms with van der Waals surface area (Å²) < 4.78 is 0. The standard InChI is InChI=1S/C16H28N4/c1-5-20-11-7-8-14(12-20)13(2)18-15-9-6-10-17-16(15)19(3)4/h6,9-10,13-14,18H,5,7-8,11-12H2,1-4H3. The molecule has 112 valence electrons. The molecule has 1 saturated heterocycles. The highest BCUT2D eigenvalue weighted by Gasteiger charge is 2.24. The Morgan fingerprint density at radius 1 is 1.50 bits per heavy atom. The number of nitrogens with zero attached hydrogens (tertiary/aromatic N) is 3. The van der Waals surface area contributed by atoms with E-state index in [-0.39, 0.29) is 0 Å². The predicted molar refractivity (Wildman–Crippen MR) is 86.5 cm³/mol. The van der Waals surface area contributed by atoms with E-state index >= 15 is 0 Å². The molecular formula is C16H28N4. The number of likely N-dealkylation sites (tertiary alicyclic amines) is 1. The molecule has 0 radical (unpaired) electrons. The van der Waals surface area contributed by atoms with Crippen LogP contribution in [-0.2, 0) is 0 Å². The highest BCUT2D eigenvalue weighted by atomic mass is 15.2. The molecule has 0 bridgehead atoms. The van der Waals surface area contributed by atoms with Gasteiger partial charge in [0.15, 0.2) is 5.82 Å². The number of hydrogen-bond donors (Lipinski definition) is 1. The molecule has 0 spiro atoms. The van der Waals surface area contributed by atoms with Crippen LogP contribution < -0.4 is 10.2 Å². The van der Waals surface area contributed by atoms with Crippen molar-refractivity contribution in [2.24, 2.45) is 5.92 Å². The van der Waals surface area contributed by atoms with E-state index in [1.54, 1.807) is 0 Å². The molecule has 4 heteroatoms. The van der Waals surface area contributed by atoms with Crippen molar-refractivity contribution in [3.63, 3.8) is 0 Å². The minimum Gasteiger partial charge on any atom is -0.379 e. The van der Waals surface area contributed by atoms with Crippen LogP contribution in [-0.4, -0.2) is 49.7 Å². The van der Waals surface area contributed by atoms with Gasteiger partial charge in [-0.15, -0.1) is 0 Å². The van der Waals surface area contributed by atoms with Crippen LogP contribution in [0.15, 0.2) is 18.3 Å². The van der Waals surface area contributed by atoms with Crippen LogP contribution in [0.2, 0.25) is 0 Å². The van der Waals surface area contributed by atoms with E-state index in [2.05, 4.69) is 40.0 Å². The van der Waals surface area contributed by atoms with Gasteiger partial charge >= 0.3 is 0 Å². The number of piperidine rings is 1. The van der Waals surface area contributed by atoms with Crippen LogP contribution in [0.25, 0.3) is 0 Å². The average molecular weight is 276 g/mol. The van der Waals surface area contributed by atoms with Crippen molar-refractivity contribution in [1.29, 1.82) is 0 Å². The first-order chi connectivity index (χ1) is 9.61. The van der Waals surface area contributed by atoms with Crippen LogP contribution in [0.3, 0.4) is 0 Å². The largest absolute Gasteiger partial charge is 0.379 e. The Balaban J connectivity index is 2.02. The number of pyridine rings is 1. The molecule has 0 saturated carbocycles. The fourth-order valence-electron chi connectivity index (χ4n) is 3.02. The molecule has 2 atom stereocenters. The molecule has 2 rings (SSSR count). The minimum absolute atomic E-state index is 0.479. The van der Waals surface area contributed by atoms with Crippen molar-refractivity contribution < 1.29 is 0 Å². The number of aromatic nitrogens is 1. The molecule has 1 N–H and O–H groups in total. The Morgan fingerprint density at radius 3 is 3.00 bits per heavy atom. The maximum atomic E-state index is 4.46. The van der Waals surface area contributed by atoms with Gasteiger partial charge < -0.3 is 15.1 Å². The van der Waals surface area contributed by atoms with E-state index < -0.39 is 0 Å². The van der Waals surface area contributed by atoms with E-state index in [1.807, 2.05) is 26.4 Å². The Labute approximate surface area is 123 Å². The lowest BCUT2D eigenvalue weighted by atomic mass is 9.91. The van der Waals surface area contributed by atoms with Gasteiger partial charge in [-0.05, 0) is 50.9 Å². The quantitative estimate of drug-likeness (QED) is 0.896. The van der Waals surface area contributed by atoms with Crippen molar-refractivity contribution in [2.75, 3.05) is 43.9 Å². The second kappa shape index (κ2) is 6.93. The molecule has 2 heterocycles. The monoisotopic (exact) mass is 276 g/mol. The zero-order valence-corrected chi connectivity index (χ0v) is 13.3. The van der Waals surface area contributed by atoms with Crippen LogP contribution in [0.1, 0.15) is 26.7 Å². The first-order valence-corrected chi connectivity index (χ1v) is 7.73.